The highest BCUT2D eigenvalue weighted by Crippen LogP contribution is 1.57. The van der Waals surface area contributed by atoms with Gasteiger partial charge in [-0.2, -0.15) is 0 Å². The van der Waals surface area contributed by atoms with Gasteiger partial charge < -0.3 is 0 Å². The van der Waals surface area contributed by atoms with Crippen LogP contribution in [0.25, 0.3) is 0 Å². The van der Waals surface area contributed by atoms with Crippen molar-refractivity contribution in [3.8, 4) is 0 Å². The Bertz CT molecular complexity index is 23.0. The monoisotopic (exact) mass is 84.1 g/mol. The third-order valence-corrected chi connectivity index (χ3v) is 0.333. The molecule has 0 heterocycles. The Balaban J connectivity index is 0. The summed E-state index contributed by atoms with van der Waals surface area (Å²) in [6, 6.07) is 0. The average Bonchev–Trinajstić information content (AvgIpc) is 1.72. The predicted octanol–water partition coefficient (Wildman–Crippen LogP) is 2.38. The molecule has 6 heavy (non-hydrogen) atoms. The summed E-state index contributed by atoms with van der Waals surface area (Å²) in [7, 11) is 0. The first kappa shape index (κ1) is 9.08. The molecule has 0 amide bonds. The summed E-state index contributed by atoms with van der Waals surface area (Å²) in [6.07, 6.45) is 4.00. The van der Waals surface area contributed by atoms with Crippen LogP contribution in [0.5, 0.6) is 0 Å². The molecule has 0 rings (SSSR count). The second kappa shape index (κ2) is 24.8. The molecular weight excluding hydrogens is 72.1 g/mol. The van der Waals surface area contributed by atoms with Gasteiger partial charge in [0.15, 0.2) is 0 Å². The molecule has 0 aliphatic rings. The Morgan fingerprint density at radius 1 is 1.00 bits per heavy atom. The Morgan fingerprint density at radius 3 is 1.17 bits per heavy atom. The summed E-state index contributed by atoms with van der Waals surface area (Å²) < 4.78 is 0. The van der Waals surface area contributed by atoms with Gasteiger partial charge in [0, 0.05) is 0 Å². The third kappa shape index (κ3) is 92.9. The van der Waals surface area contributed by atoms with Crippen LogP contribution in [0.2, 0.25) is 0 Å². The van der Waals surface area contributed by atoms with Crippen LogP contribution in [0.15, 0.2) is 25.3 Å². The van der Waals surface area contributed by atoms with Gasteiger partial charge in [0.2, 0.25) is 0 Å². The van der Waals surface area contributed by atoms with Crippen molar-refractivity contribution in [3.05, 3.63) is 25.3 Å². The van der Waals surface area contributed by atoms with E-state index in [2.05, 4.69) is 13.2 Å². The van der Waals surface area contributed by atoms with Gasteiger partial charge in [-0.3, -0.25) is 0 Å². The lowest BCUT2D eigenvalue weighted by atomic mass is 10.6. The Kier molecular flexibility index (Phi) is 37.5. The van der Waals surface area contributed by atoms with Crippen LogP contribution in [0.3, 0.4) is 0 Å². The average molecular weight is 84.2 g/mol. The minimum atomic E-state index is 2.00. The lowest BCUT2D eigenvalue weighted by Gasteiger charge is -1.49. The number of rotatable bonds is 0. The van der Waals surface area contributed by atoms with Crippen LogP contribution in [-0.2, 0) is 0 Å². The fourth-order valence-electron chi connectivity index (χ4n) is 0. The molecule has 0 fully saturated rings. The molecule has 0 aromatic carbocycles. The van der Waals surface area contributed by atoms with E-state index in [1.807, 2.05) is 26.0 Å². The largest absolute Gasteiger partial charge is 0.106 e. The topological polar surface area (TPSA) is 0 Å². The van der Waals surface area contributed by atoms with Crippen molar-refractivity contribution in [3.63, 3.8) is 0 Å². The van der Waals surface area contributed by atoms with Crippen molar-refractivity contribution in [2.75, 3.05) is 0 Å². The first-order valence-corrected chi connectivity index (χ1v) is 1.99. The van der Waals surface area contributed by atoms with Gasteiger partial charge in [0.1, 0.15) is 0 Å². The number of hydrogen-bond donors (Lipinski definition) is 0. The van der Waals surface area contributed by atoms with E-state index in [9.17, 15) is 0 Å². The zero-order valence-electron chi connectivity index (χ0n) is 4.57. The summed E-state index contributed by atoms with van der Waals surface area (Å²) in [5.41, 5.74) is 0. The van der Waals surface area contributed by atoms with Gasteiger partial charge in [0.05, 0.1) is 0 Å². The molecule has 0 unspecified atom stereocenters. The van der Waals surface area contributed by atoms with E-state index in [0.29, 0.717) is 0 Å². The molecule has 0 saturated heterocycles. The summed E-state index contributed by atoms with van der Waals surface area (Å²) in [6.45, 7) is 10.0. The highest BCUT2D eigenvalue weighted by Gasteiger charge is 1.34. The lowest BCUT2D eigenvalue weighted by Crippen LogP contribution is -1.26. The van der Waals surface area contributed by atoms with Gasteiger partial charge in [-0.1, -0.05) is 12.2 Å². The van der Waals surface area contributed by atoms with E-state index >= 15 is 0 Å². The van der Waals surface area contributed by atoms with Gasteiger partial charge in [-0.05, 0) is 13.8 Å². The lowest BCUT2D eigenvalue weighted by molar-refractivity contribution is 1.64. The molecule has 0 aliphatic carbocycles. The molecule has 0 heteroatoms. The maximum atomic E-state index is 3.00. The van der Waals surface area contributed by atoms with Crippen molar-refractivity contribution in [2.45, 2.75) is 13.8 Å². The molecule has 0 atom stereocenters. The van der Waals surface area contributed by atoms with Crippen LogP contribution in [0, 0.1) is 0 Å². The molecule has 0 bridgehead atoms. The second-order valence-electron chi connectivity index (χ2n) is 0.667. The van der Waals surface area contributed by atoms with Crippen LogP contribution in [0.1, 0.15) is 13.8 Å². The molecule has 0 N–H and O–H groups in total. The molecule has 36 valence electrons. The Hall–Kier alpha value is -0.520. The van der Waals surface area contributed by atoms with E-state index in [0.717, 1.165) is 0 Å². The van der Waals surface area contributed by atoms with Crippen LogP contribution >= 0.6 is 0 Å². The zero-order valence-corrected chi connectivity index (χ0v) is 4.57. The minimum Gasteiger partial charge on any atom is -0.106 e. The SMILES string of the molecule is C/C=C/C.C=C. The molecule has 0 radical (unpaired) electrons. The minimum absolute atomic E-state index is 2.00. The van der Waals surface area contributed by atoms with E-state index in [1.54, 1.807) is 0 Å². The molecule has 0 aromatic heterocycles. The zero-order chi connectivity index (χ0) is 5.41. The van der Waals surface area contributed by atoms with Gasteiger partial charge in [0.25, 0.3) is 0 Å². The molecule has 0 aromatic rings. The van der Waals surface area contributed by atoms with Crippen molar-refractivity contribution in [2.24, 2.45) is 0 Å². The summed E-state index contributed by atoms with van der Waals surface area (Å²) in [4.78, 5) is 0. The first-order valence-electron chi connectivity index (χ1n) is 1.99. The summed E-state index contributed by atoms with van der Waals surface area (Å²) >= 11 is 0. The molecule has 0 saturated carbocycles. The van der Waals surface area contributed by atoms with E-state index in [-0.39, 0.29) is 0 Å². The van der Waals surface area contributed by atoms with Crippen molar-refractivity contribution < 1.29 is 0 Å². The molecule has 0 spiro atoms. The maximum Gasteiger partial charge on any atom is -0.0470 e. The first-order chi connectivity index (χ1) is 2.91. The van der Waals surface area contributed by atoms with Gasteiger partial charge in [-0.25, -0.2) is 0 Å². The van der Waals surface area contributed by atoms with Crippen molar-refractivity contribution >= 4 is 0 Å². The van der Waals surface area contributed by atoms with E-state index in [1.165, 1.54) is 0 Å². The van der Waals surface area contributed by atoms with Crippen molar-refractivity contribution in [1.82, 2.24) is 0 Å². The molecular formula is C6H12. The Morgan fingerprint density at radius 2 is 1.17 bits per heavy atom. The summed E-state index contributed by atoms with van der Waals surface area (Å²) in [5.74, 6) is 0. The number of hydrogen-bond acceptors (Lipinski definition) is 0. The number of allylic oxidation sites excluding steroid dienone is 2. The molecule has 0 nitrogen and oxygen atoms in total. The van der Waals surface area contributed by atoms with Crippen LogP contribution < -0.4 is 0 Å². The van der Waals surface area contributed by atoms with E-state index in [4.69, 9.17) is 0 Å². The normalized spacial score (nSPS) is 7.00. The second-order valence-corrected chi connectivity index (χ2v) is 0.667. The fraction of sp³-hybridized carbons (Fsp3) is 0.333. The maximum absolute atomic E-state index is 3.00. The fourth-order valence-corrected chi connectivity index (χ4v) is 0. The predicted molar refractivity (Wildman–Crippen MR) is 31.7 cm³/mol. The third-order valence-electron chi connectivity index (χ3n) is 0.333. The highest BCUT2D eigenvalue weighted by atomic mass is 13.4. The van der Waals surface area contributed by atoms with Gasteiger partial charge >= 0.3 is 0 Å². The van der Waals surface area contributed by atoms with Crippen molar-refractivity contribution in [1.29, 1.82) is 0 Å². The quantitative estimate of drug-likeness (QED) is 0.395. The standard InChI is InChI=1S/C4H8.C2H4/c1-3-4-2;1-2/h3-4H,1-2H3;1-2H2/b4-3+;. The van der Waals surface area contributed by atoms with E-state index < -0.39 is 0 Å². The molecule has 0 aliphatic heterocycles. The summed E-state index contributed by atoms with van der Waals surface area (Å²) in [5, 5.41) is 0. The highest BCUT2D eigenvalue weighted by molar-refractivity contribution is 4.68. The van der Waals surface area contributed by atoms with Crippen LogP contribution in [-0.4, -0.2) is 0 Å². The van der Waals surface area contributed by atoms with Gasteiger partial charge in [-0.15, -0.1) is 13.2 Å². The van der Waals surface area contributed by atoms with Crippen LogP contribution in [0.4, 0.5) is 0 Å². The Labute approximate surface area is 40.2 Å². The smallest absolute Gasteiger partial charge is 0.0470 e.